The van der Waals surface area contributed by atoms with Crippen molar-refractivity contribution in [3.63, 3.8) is 0 Å². The highest BCUT2D eigenvalue weighted by atomic mass is 19.1. The van der Waals surface area contributed by atoms with Crippen LogP contribution in [0.15, 0.2) is 158 Å². The first-order chi connectivity index (χ1) is 37.4. The van der Waals surface area contributed by atoms with Gasteiger partial charge < -0.3 is 28.8 Å². The number of rotatable bonds is 16. The summed E-state index contributed by atoms with van der Waals surface area (Å²) in [5.41, 5.74) is 7.42. The summed E-state index contributed by atoms with van der Waals surface area (Å²) in [6, 6.07) is 50.1. The fourth-order valence-electron chi connectivity index (χ4n) is 12.8. The maximum absolute atomic E-state index is 15.9. The van der Waals surface area contributed by atoms with E-state index in [1.165, 1.54) is 24.3 Å². The van der Waals surface area contributed by atoms with Crippen molar-refractivity contribution in [3.8, 4) is 56.6 Å². The van der Waals surface area contributed by atoms with Gasteiger partial charge in [-0.3, -0.25) is 0 Å². The molecule has 0 aliphatic carbocycles. The van der Waals surface area contributed by atoms with Crippen LogP contribution in [0, 0.1) is 27.9 Å². The van der Waals surface area contributed by atoms with E-state index in [0.29, 0.717) is 58.0 Å². The second-order valence-corrected chi connectivity index (χ2v) is 25.8. The summed E-state index contributed by atoms with van der Waals surface area (Å²) in [6.45, 7) is 26.9. The number of halogens is 2. The van der Waals surface area contributed by atoms with Crippen LogP contribution in [0.5, 0.6) is 23.0 Å². The zero-order chi connectivity index (χ0) is 56.4. The molecular formula is C71H76F2N2O4. The molecule has 8 heteroatoms. The van der Waals surface area contributed by atoms with Crippen LogP contribution >= 0.6 is 0 Å². The summed E-state index contributed by atoms with van der Waals surface area (Å²) in [6.07, 6.45) is 2.99. The Morgan fingerprint density at radius 1 is 0.405 bits per heavy atom. The number of hydrogen-bond acceptors (Lipinski definition) is 4. The van der Waals surface area contributed by atoms with Crippen LogP contribution in [-0.4, -0.2) is 32.6 Å². The molecule has 10 rings (SSSR count). The Bertz CT molecular complexity index is 3560. The van der Waals surface area contributed by atoms with Crippen LogP contribution in [0.1, 0.15) is 120 Å². The monoisotopic (exact) mass is 1060 g/mol. The Morgan fingerprint density at radius 2 is 0.722 bits per heavy atom. The molecule has 79 heavy (non-hydrogen) atoms. The fourth-order valence-corrected chi connectivity index (χ4v) is 12.8. The molecule has 408 valence electrons. The van der Waals surface area contributed by atoms with Gasteiger partial charge >= 0.3 is 0 Å². The number of nitrogens with zero attached hydrogens (tertiary/aromatic N) is 2. The zero-order valence-corrected chi connectivity index (χ0v) is 48.1. The van der Waals surface area contributed by atoms with E-state index in [-0.39, 0.29) is 46.4 Å². The summed E-state index contributed by atoms with van der Waals surface area (Å²) in [5.74, 6) is -0.0591. The number of para-hydroxylation sites is 4. The number of hydrogen-bond donors (Lipinski definition) is 2. The fraction of sp³-hybridized carbons (Fsp3) is 0.324. The van der Waals surface area contributed by atoms with E-state index in [1.54, 1.807) is 12.1 Å². The first kappa shape index (κ1) is 54.8. The predicted molar refractivity (Wildman–Crippen MR) is 324 cm³/mol. The standard InChI is InChI=1S/C71H76F2N2O4/c1-13-71(14-2,43-78-63-33-31-47(72)39-53(63)55-35-45(69(9,10)41-67(3,4)5)37-61(65(55)76)74-57-27-19-15-23-49(57)50-24-16-20-28-58(50)74)44-79-64-34-32-48(73)40-54(64)56-36-46(70(11,12)42-68(6,7)8)38-62(66(56)77)75-59-29-21-17-25-51(59)52-26-18-22-30-60(52)75/h15-40,76-77H,13-14,41-44H2,1-12H3. The third kappa shape index (κ3) is 10.6. The van der Waals surface area contributed by atoms with Crippen LogP contribution in [-0.2, 0) is 10.8 Å². The van der Waals surface area contributed by atoms with Gasteiger partial charge in [-0.2, -0.15) is 0 Å². The van der Waals surface area contributed by atoms with Crippen molar-refractivity contribution in [1.82, 2.24) is 9.13 Å². The van der Waals surface area contributed by atoms with E-state index < -0.39 is 17.0 Å². The highest BCUT2D eigenvalue weighted by Gasteiger charge is 2.35. The molecular weight excluding hydrogens is 983 g/mol. The van der Waals surface area contributed by atoms with Gasteiger partial charge in [-0.15, -0.1) is 0 Å². The van der Waals surface area contributed by atoms with Gasteiger partial charge in [0.1, 0.15) is 34.6 Å². The maximum atomic E-state index is 15.9. The number of fused-ring (bicyclic) bond motifs is 6. The minimum absolute atomic E-state index is 0.0112. The summed E-state index contributed by atoms with van der Waals surface area (Å²) in [7, 11) is 0. The van der Waals surface area contributed by atoms with Gasteiger partial charge in [-0.05, 0) is 143 Å². The SMILES string of the molecule is CCC(CC)(COc1ccc(F)cc1-c1cc(C(C)(C)CC(C)(C)C)cc(-n2c3ccccc3c3ccccc32)c1O)COc1ccc(F)cc1-c1cc(C(C)(C)CC(C)(C)C)cc(-n2c3ccccc3c3ccccc32)c1O. The minimum atomic E-state index is -0.587. The molecule has 0 unspecified atom stereocenters. The summed E-state index contributed by atoms with van der Waals surface area (Å²) >= 11 is 0. The average Bonchev–Trinajstić information content (AvgIpc) is 4.19. The van der Waals surface area contributed by atoms with Crippen LogP contribution in [0.25, 0.3) is 77.2 Å². The molecule has 0 spiro atoms. The quantitative estimate of drug-likeness (QED) is 0.101. The first-order valence-corrected chi connectivity index (χ1v) is 28.0. The summed E-state index contributed by atoms with van der Waals surface area (Å²) in [4.78, 5) is 0. The second kappa shape index (κ2) is 20.6. The van der Waals surface area contributed by atoms with E-state index in [4.69, 9.17) is 9.47 Å². The van der Waals surface area contributed by atoms with Crippen molar-refractivity contribution in [3.05, 3.63) is 180 Å². The lowest BCUT2D eigenvalue weighted by molar-refractivity contribution is 0.0709. The molecule has 0 saturated heterocycles. The molecule has 0 aliphatic heterocycles. The Balaban J connectivity index is 1.05. The first-order valence-electron chi connectivity index (χ1n) is 28.0. The molecule has 0 amide bonds. The summed E-state index contributed by atoms with van der Waals surface area (Å²) in [5, 5.41) is 29.8. The molecule has 2 heterocycles. The minimum Gasteiger partial charge on any atom is -0.505 e. The molecule has 0 aliphatic rings. The Labute approximate surface area is 465 Å². The van der Waals surface area contributed by atoms with Crippen LogP contribution in [0.4, 0.5) is 8.78 Å². The molecule has 0 radical (unpaired) electrons. The Hall–Kier alpha value is -7.58. The Kier molecular flexibility index (Phi) is 14.3. The van der Waals surface area contributed by atoms with E-state index in [9.17, 15) is 10.2 Å². The van der Waals surface area contributed by atoms with E-state index in [2.05, 4.69) is 153 Å². The van der Waals surface area contributed by atoms with Crippen molar-refractivity contribution in [2.45, 2.75) is 120 Å². The molecule has 0 atom stereocenters. The highest BCUT2D eigenvalue weighted by Crippen LogP contribution is 2.50. The molecule has 0 fully saturated rings. The normalized spacial score (nSPS) is 12.8. The van der Waals surface area contributed by atoms with E-state index in [1.807, 2.05) is 60.7 Å². The van der Waals surface area contributed by atoms with Gasteiger partial charge in [0.05, 0.1) is 46.7 Å². The number of aromatic hydroxyl groups is 2. The Morgan fingerprint density at radius 3 is 1.03 bits per heavy atom. The molecule has 0 saturated carbocycles. The molecule has 2 N–H and O–H groups in total. The third-order valence-corrected chi connectivity index (χ3v) is 16.4. The van der Waals surface area contributed by atoms with Crippen LogP contribution in [0.3, 0.4) is 0 Å². The van der Waals surface area contributed by atoms with Gasteiger partial charge in [0.25, 0.3) is 0 Å². The number of phenols is 2. The van der Waals surface area contributed by atoms with Crippen LogP contribution < -0.4 is 9.47 Å². The third-order valence-electron chi connectivity index (χ3n) is 16.4. The number of aromatic nitrogens is 2. The number of benzene rings is 8. The van der Waals surface area contributed by atoms with Gasteiger partial charge in [-0.1, -0.05) is 156 Å². The van der Waals surface area contributed by atoms with Gasteiger partial charge in [0.15, 0.2) is 0 Å². The predicted octanol–water partition coefficient (Wildman–Crippen LogP) is 19.6. The lowest BCUT2D eigenvalue weighted by Gasteiger charge is -2.34. The van der Waals surface area contributed by atoms with Crippen LogP contribution in [0.2, 0.25) is 0 Å². The summed E-state index contributed by atoms with van der Waals surface area (Å²) < 4.78 is 49.8. The highest BCUT2D eigenvalue weighted by molar-refractivity contribution is 6.10. The van der Waals surface area contributed by atoms with Crippen molar-refractivity contribution in [2.75, 3.05) is 13.2 Å². The smallest absolute Gasteiger partial charge is 0.147 e. The lowest BCUT2D eigenvalue weighted by Crippen LogP contribution is -2.34. The van der Waals surface area contributed by atoms with Gasteiger partial charge in [-0.25, -0.2) is 8.78 Å². The van der Waals surface area contributed by atoms with Crippen molar-refractivity contribution in [1.29, 1.82) is 0 Å². The largest absolute Gasteiger partial charge is 0.505 e. The topological polar surface area (TPSA) is 68.8 Å². The van der Waals surface area contributed by atoms with Crippen molar-refractivity contribution >= 4 is 43.6 Å². The lowest BCUT2D eigenvalue weighted by atomic mass is 9.71. The molecule has 0 bridgehead atoms. The van der Waals surface area contributed by atoms with E-state index >= 15 is 8.78 Å². The van der Waals surface area contributed by atoms with Crippen molar-refractivity contribution in [2.24, 2.45) is 16.2 Å². The van der Waals surface area contributed by atoms with Gasteiger partial charge in [0.2, 0.25) is 0 Å². The molecule has 6 nitrogen and oxygen atoms in total. The maximum Gasteiger partial charge on any atom is 0.147 e. The number of ether oxygens (including phenoxy) is 2. The average molecular weight is 1060 g/mol. The zero-order valence-electron chi connectivity index (χ0n) is 48.1. The molecule has 2 aromatic heterocycles. The molecule has 8 aromatic carbocycles. The second-order valence-electron chi connectivity index (χ2n) is 25.8. The van der Waals surface area contributed by atoms with E-state index in [0.717, 1.165) is 67.6 Å². The molecule has 10 aromatic rings. The van der Waals surface area contributed by atoms with Gasteiger partial charge in [0, 0.05) is 49.2 Å². The number of phenolic OH excluding ortho intramolecular Hbond substituents is 2. The van der Waals surface area contributed by atoms with Crippen molar-refractivity contribution < 1.29 is 28.5 Å².